The fourth-order valence-corrected chi connectivity index (χ4v) is 4.57. The number of hydrogen-bond donors (Lipinski definition) is 0. The predicted molar refractivity (Wildman–Crippen MR) is 106 cm³/mol. The zero-order valence-electron chi connectivity index (χ0n) is 15.5. The minimum Gasteiger partial charge on any atom is -0.310 e. The van der Waals surface area contributed by atoms with Crippen molar-refractivity contribution >= 4 is 22.9 Å². The largest absolute Gasteiger partial charge is 0.310 e. The van der Waals surface area contributed by atoms with E-state index < -0.39 is 23.4 Å². The Kier molecular flexibility index (Phi) is 5.04. The lowest BCUT2D eigenvalue weighted by molar-refractivity contribution is -0.119. The van der Waals surface area contributed by atoms with Crippen LogP contribution in [-0.2, 0) is 17.8 Å². The first-order valence-electron chi connectivity index (χ1n) is 9.09. The number of carbonyl (C=O) groups is 1. The second-order valence-electron chi connectivity index (χ2n) is 6.90. The Morgan fingerprint density at radius 3 is 2.55 bits per heavy atom. The molecule has 0 aliphatic carbocycles. The minimum absolute atomic E-state index is 0.210. The normalized spacial score (nSPS) is 13.4. The number of aromatic nitrogens is 1. The zero-order valence-corrected chi connectivity index (χ0v) is 16.4. The minimum atomic E-state index is -0.753. The molecule has 3 aromatic rings. The lowest BCUT2D eigenvalue weighted by Crippen LogP contribution is -2.39. The fraction of sp³-hybridized carbons (Fsp3) is 0.238. The first-order valence-corrected chi connectivity index (χ1v) is 9.91. The Balaban J connectivity index is 1.71. The second-order valence-corrected chi connectivity index (χ2v) is 8.07. The van der Waals surface area contributed by atoms with Crippen LogP contribution in [0.1, 0.15) is 16.9 Å². The van der Waals surface area contributed by atoms with Crippen molar-refractivity contribution in [1.82, 2.24) is 4.57 Å². The van der Waals surface area contributed by atoms with Crippen LogP contribution in [0.15, 0.2) is 41.2 Å². The highest BCUT2D eigenvalue weighted by molar-refractivity contribution is 7.09. The van der Waals surface area contributed by atoms with E-state index in [2.05, 4.69) is 0 Å². The van der Waals surface area contributed by atoms with Crippen molar-refractivity contribution in [2.75, 3.05) is 11.4 Å². The lowest BCUT2D eigenvalue weighted by atomic mass is 10.0. The van der Waals surface area contributed by atoms with Crippen LogP contribution in [0.5, 0.6) is 0 Å². The van der Waals surface area contributed by atoms with Crippen LogP contribution in [0.25, 0.3) is 11.3 Å². The van der Waals surface area contributed by atoms with E-state index in [0.29, 0.717) is 41.1 Å². The van der Waals surface area contributed by atoms with Gasteiger partial charge < -0.3 is 4.90 Å². The Hall–Kier alpha value is -2.87. The van der Waals surface area contributed by atoms with Gasteiger partial charge in [0.05, 0.1) is 11.4 Å². The van der Waals surface area contributed by atoms with E-state index in [4.69, 9.17) is 0 Å². The Bertz CT molecular complexity index is 1150. The summed E-state index contributed by atoms with van der Waals surface area (Å²) in [6.45, 7) is 1.80. The van der Waals surface area contributed by atoms with Gasteiger partial charge in [-0.25, -0.2) is 13.2 Å². The molecule has 0 unspecified atom stereocenters. The highest BCUT2D eigenvalue weighted by Crippen LogP contribution is 2.31. The summed E-state index contributed by atoms with van der Waals surface area (Å²) in [7, 11) is 0. The van der Waals surface area contributed by atoms with Crippen molar-refractivity contribution in [2.24, 2.45) is 0 Å². The van der Waals surface area contributed by atoms with Crippen LogP contribution in [-0.4, -0.2) is 17.0 Å². The molecular formula is C21H17F3N2O2S. The monoisotopic (exact) mass is 418 g/mol. The summed E-state index contributed by atoms with van der Waals surface area (Å²) in [6, 6.07) is 7.63. The van der Waals surface area contributed by atoms with Crippen molar-refractivity contribution in [3.8, 4) is 11.3 Å². The van der Waals surface area contributed by atoms with E-state index in [0.717, 1.165) is 23.5 Å². The Morgan fingerprint density at radius 1 is 1.10 bits per heavy atom. The smallest absolute Gasteiger partial charge is 0.308 e. The molecule has 29 heavy (non-hydrogen) atoms. The molecule has 2 heterocycles. The van der Waals surface area contributed by atoms with Gasteiger partial charge in [-0.15, -0.1) is 0 Å². The van der Waals surface area contributed by atoms with Crippen LogP contribution in [0.2, 0.25) is 0 Å². The standard InChI is InChI=1S/C21H17F3N2O2S/c1-12-20(13-4-6-14(22)7-5-13)26(21(28)29-12)11-19(27)25-8-2-3-16-17(24)9-15(23)10-18(16)25/h4-7,9-10H,2-3,8,11H2,1H3. The van der Waals surface area contributed by atoms with E-state index in [1.807, 2.05) is 0 Å². The molecule has 0 spiro atoms. The Morgan fingerprint density at radius 2 is 1.83 bits per heavy atom. The molecule has 1 aliphatic rings. The van der Waals surface area contributed by atoms with Gasteiger partial charge in [-0.3, -0.25) is 14.2 Å². The molecular weight excluding hydrogens is 401 g/mol. The summed E-state index contributed by atoms with van der Waals surface area (Å²) in [5.74, 6) is -2.26. The first-order chi connectivity index (χ1) is 13.8. The number of fused-ring (bicyclic) bond motifs is 1. The van der Waals surface area contributed by atoms with Crippen molar-refractivity contribution in [1.29, 1.82) is 0 Å². The predicted octanol–water partition coefficient (Wildman–Crippen LogP) is 4.28. The van der Waals surface area contributed by atoms with Crippen molar-refractivity contribution in [2.45, 2.75) is 26.3 Å². The summed E-state index contributed by atoms with van der Waals surface area (Å²) >= 11 is 0.997. The number of amides is 1. The van der Waals surface area contributed by atoms with Gasteiger partial charge in [0.1, 0.15) is 24.0 Å². The molecule has 0 N–H and O–H groups in total. The van der Waals surface area contributed by atoms with Gasteiger partial charge in [0.25, 0.3) is 0 Å². The maximum Gasteiger partial charge on any atom is 0.308 e. The van der Waals surface area contributed by atoms with E-state index in [1.165, 1.54) is 21.6 Å². The number of carbonyl (C=O) groups excluding carboxylic acids is 1. The third-order valence-electron chi connectivity index (χ3n) is 5.01. The number of benzene rings is 2. The molecule has 1 amide bonds. The fourth-order valence-electron chi connectivity index (χ4n) is 3.72. The van der Waals surface area contributed by atoms with Crippen molar-refractivity contribution in [3.63, 3.8) is 0 Å². The van der Waals surface area contributed by atoms with Crippen molar-refractivity contribution in [3.05, 3.63) is 74.0 Å². The van der Waals surface area contributed by atoms with Gasteiger partial charge >= 0.3 is 4.87 Å². The Labute approximate surface area is 168 Å². The molecule has 0 atom stereocenters. The average molecular weight is 418 g/mol. The molecule has 2 aromatic carbocycles. The molecule has 150 valence electrons. The summed E-state index contributed by atoms with van der Waals surface area (Å²) in [5.41, 5.74) is 1.67. The molecule has 8 heteroatoms. The topological polar surface area (TPSA) is 42.3 Å². The maximum absolute atomic E-state index is 14.1. The van der Waals surface area contributed by atoms with E-state index in [1.54, 1.807) is 19.1 Å². The molecule has 0 radical (unpaired) electrons. The highest BCUT2D eigenvalue weighted by Gasteiger charge is 2.27. The molecule has 0 saturated carbocycles. The number of anilines is 1. The quantitative estimate of drug-likeness (QED) is 0.637. The molecule has 1 aliphatic heterocycles. The molecule has 0 fully saturated rings. The third kappa shape index (κ3) is 3.60. The number of rotatable bonds is 3. The highest BCUT2D eigenvalue weighted by atomic mass is 32.1. The lowest BCUT2D eigenvalue weighted by Gasteiger charge is -2.30. The van der Waals surface area contributed by atoms with Crippen molar-refractivity contribution < 1.29 is 18.0 Å². The molecule has 4 nitrogen and oxygen atoms in total. The molecule has 1 aromatic heterocycles. The average Bonchev–Trinajstić information content (AvgIpc) is 2.95. The van der Waals surface area contributed by atoms with Crippen LogP contribution >= 0.6 is 11.3 Å². The number of halogens is 3. The van der Waals surface area contributed by atoms with E-state index in [9.17, 15) is 22.8 Å². The third-order valence-corrected chi connectivity index (χ3v) is 5.91. The van der Waals surface area contributed by atoms with Crippen LogP contribution < -0.4 is 9.77 Å². The van der Waals surface area contributed by atoms with Gasteiger partial charge in [-0.05, 0) is 55.7 Å². The second kappa shape index (κ2) is 7.51. The van der Waals surface area contributed by atoms with Crippen LogP contribution in [0.4, 0.5) is 18.9 Å². The first kappa shape index (κ1) is 19.4. The van der Waals surface area contributed by atoms with Gasteiger partial charge in [0.2, 0.25) is 5.91 Å². The van der Waals surface area contributed by atoms with Crippen LogP contribution in [0, 0.1) is 24.4 Å². The van der Waals surface area contributed by atoms with Crippen LogP contribution in [0.3, 0.4) is 0 Å². The summed E-state index contributed by atoms with van der Waals surface area (Å²) < 4.78 is 42.5. The summed E-state index contributed by atoms with van der Waals surface area (Å²) in [4.78, 5) is 27.2. The number of aryl methyl sites for hydroxylation is 1. The number of hydrogen-bond acceptors (Lipinski definition) is 3. The molecule has 0 bridgehead atoms. The number of thiazole rings is 1. The summed E-state index contributed by atoms with van der Waals surface area (Å²) in [5, 5.41) is 0. The van der Waals surface area contributed by atoms with Gasteiger partial charge in [-0.1, -0.05) is 11.3 Å². The zero-order chi connectivity index (χ0) is 20.7. The SMILES string of the molecule is Cc1sc(=O)n(CC(=O)N2CCCc3c(F)cc(F)cc32)c1-c1ccc(F)cc1. The molecule has 4 rings (SSSR count). The molecule has 0 saturated heterocycles. The van der Waals surface area contributed by atoms with Gasteiger partial charge in [0, 0.05) is 23.1 Å². The maximum atomic E-state index is 14.1. The van der Waals surface area contributed by atoms with E-state index >= 15 is 0 Å². The number of nitrogens with zero attached hydrogens (tertiary/aromatic N) is 2. The summed E-state index contributed by atoms with van der Waals surface area (Å²) in [6.07, 6.45) is 0.966. The van der Waals surface area contributed by atoms with Gasteiger partial charge in [0.15, 0.2) is 0 Å². The van der Waals surface area contributed by atoms with E-state index in [-0.39, 0.29) is 17.1 Å². The van der Waals surface area contributed by atoms with Gasteiger partial charge in [-0.2, -0.15) is 0 Å².